The third-order valence-electron chi connectivity index (χ3n) is 2.23. The van der Waals surface area contributed by atoms with Gasteiger partial charge in [0, 0.05) is 17.8 Å². The van der Waals surface area contributed by atoms with Crippen LogP contribution in [0.5, 0.6) is 11.5 Å². The summed E-state index contributed by atoms with van der Waals surface area (Å²) in [7, 11) is 2.88. The van der Waals surface area contributed by atoms with Crippen LogP contribution in [-0.4, -0.2) is 19.2 Å². The van der Waals surface area contributed by atoms with Crippen LogP contribution in [0.4, 0.5) is 4.39 Å². The number of pyridine rings is 1. The van der Waals surface area contributed by atoms with E-state index in [1.165, 1.54) is 20.4 Å². The summed E-state index contributed by atoms with van der Waals surface area (Å²) in [6.07, 6.45) is 3.07. The van der Waals surface area contributed by atoms with E-state index in [9.17, 15) is 4.39 Å². The van der Waals surface area contributed by atoms with Crippen LogP contribution >= 0.6 is 0 Å². The molecule has 0 saturated heterocycles. The molecule has 0 aliphatic heterocycles. The molecular formula is C11H10FNO2. The maximum Gasteiger partial charge on any atom is 0.197 e. The fraction of sp³-hybridized carbons (Fsp3) is 0.182. The Balaban J connectivity index is 2.81. The van der Waals surface area contributed by atoms with E-state index in [4.69, 9.17) is 9.47 Å². The van der Waals surface area contributed by atoms with Crippen molar-refractivity contribution in [3.63, 3.8) is 0 Å². The van der Waals surface area contributed by atoms with Crippen LogP contribution in [0.15, 0.2) is 24.5 Å². The smallest absolute Gasteiger partial charge is 0.197 e. The highest BCUT2D eigenvalue weighted by Crippen LogP contribution is 2.35. The molecule has 1 heterocycles. The monoisotopic (exact) mass is 207 g/mol. The van der Waals surface area contributed by atoms with Crippen LogP contribution in [0, 0.1) is 5.82 Å². The molecule has 0 N–H and O–H groups in total. The van der Waals surface area contributed by atoms with Crippen molar-refractivity contribution in [2.75, 3.05) is 14.2 Å². The highest BCUT2D eigenvalue weighted by Gasteiger charge is 2.14. The first-order valence-corrected chi connectivity index (χ1v) is 4.42. The molecular weight excluding hydrogens is 197 g/mol. The van der Waals surface area contributed by atoms with Gasteiger partial charge in [0.15, 0.2) is 17.3 Å². The van der Waals surface area contributed by atoms with Crippen LogP contribution in [0.25, 0.3) is 10.8 Å². The van der Waals surface area contributed by atoms with E-state index >= 15 is 0 Å². The number of benzene rings is 1. The van der Waals surface area contributed by atoms with Crippen molar-refractivity contribution in [3.05, 3.63) is 30.3 Å². The Labute approximate surface area is 86.5 Å². The normalized spacial score (nSPS) is 10.3. The third kappa shape index (κ3) is 1.48. The molecule has 0 spiro atoms. The Morgan fingerprint density at radius 3 is 2.73 bits per heavy atom. The molecule has 1 aromatic heterocycles. The van der Waals surface area contributed by atoms with Gasteiger partial charge in [0.25, 0.3) is 0 Å². The highest BCUT2D eigenvalue weighted by molar-refractivity contribution is 5.86. The molecule has 0 radical (unpaired) electrons. The summed E-state index contributed by atoms with van der Waals surface area (Å²) in [5.74, 6) is 0.0478. The number of aromatic nitrogens is 1. The molecule has 3 nitrogen and oxygen atoms in total. The van der Waals surface area contributed by atoms with Crippen molar-refractivity contribution in [2.45, 2.75) is 0 Å². The Kier molecular flexibility index (Phi) is 2.41. The fourth-order valence-electron chi connectivity index (χ4n) is 1.49. The first-order chi connectivity index (χ1) is 7.27. The topological polar surface area (TPSA) is 31.4 Å². The number of halogens is 1. The van der Waals surface area contributed by atoms with Crippen LogP contribution < -0.4 is 9.47 Å². The molecule has 0 saturated carbocycles. The van der Waals surface area contributed by atoms with Crippen molar-refractivity contribution in [1.29, 1.82) is 0 Å². The van der Waals surface area contributed by atoms with Crippen molar-refractivity contribution >= 4 is 10.8 Å². The number of ether oxygens (including phenoxy) is 2. The SMILES string of the molecule is COc1cc2ccncc2c(F)c1OC. The van der Waals surface area contributed by atoms with Gasteiger partial charge in [-0.05, 0) is 17.5 Å². The van der Waals surface area contributed by atoms with Crippen molar-refractivity contribution in [3.8, 4) is 11.5 Å². The summed E-state index contributed by atoms with van der Waals surface area (Å²) >= 11 is 0. The zero-order valence-corrected chi connectivity index (χ0v) is 8.45. The molecule has 2 rings (SSSR count). The van der Waals surface area contributed by atoms with Crippen LogP contribution in [0.2, 0.25) is 0 Å². The summed E-state index contributed by atoms with van der Waals surface area (Å²) in [6.45, 7) is 0. The highest BCUT2D eigenvalue weighted by atomic mass is 19.1. The van der Waals surface area contributed by atoms with E-state index in [0.717, 1.165) is 5.39 Å². The summed E-state index contributed by atoms with van der Waals surface area (Å²) in [5, 5.41) is 1.16. The van der Waals surface area contributed by atoms with E-state index in [0.29, 0.717) is 11.1 Å². The van der Waals surface area contributed by atoms with Gasteiger partial charge < -0.3 is 9.47 Å². The van der Waals surface area contributed by atoms with Crippen LogP contribution in [0.1, 0.15) is 0 Å². The van der Waals surface area contributed by atoms with E-state index in [2.05, 4.69) is 4.98 Å². The van der Waals surface area contributed by atoms with E-state index in [1.54, 1.807) is 18.3 Å². The quantitative estimate of drug-likeness (QED) is 0.757. The van der Waals surface area contributed by atoms with Gasteiger partial charge in [-0.3, -0.25) is 4.98 Å². The second-order valence-corrected chi connectivity index (χ2v) is 3.02. The third-order valence-corrected chi connectivity index (χ3v) is 2.23. The minimum Gasteiger partial charge on any atom is -0.493 e. The van der Waals surface area contributed by atoms with Crippen molar-refractivity contribution < 1.29 is 13.9 Å². The van der Waals surface area contributed by atoms with E-state index < -0.39 is 5.82 Å². The predicted molar refractivity (Wildman–Crippen MR) is 54.8 cm³/mol. The molecule has 15 heavy (non-hydrogen) atoms. The Bertz CT molecular complexity index is 499. The lowest BCUT2D eigenvalue weighted by Crippen LogP contribution is -1.95. The molecule has 0 unspecified atom stereocenters. The lowest BCUT2D eigenvalue weighted by molar-refractivity contribution is 0.339. The number of nitrogens with zero attached hydrogens (tertiary/aromatic N) is 1. The van der Waals surface area contributed by atoms with Gasteiger partial charge in [0.1, 0.15) is 0 Å². The fourth-order valence-corrected chi connectivity index (χ4v) is 1.49. The van der Waals surface area contributed by atoms with Gasteiger partial charge in [-0.1, -0.05) is 0 Å². The lowest BCUT2D eigenvalue weighted by Gasteiger charge is -2.10. The number of methoxy groups -OCH3 is 2. The standard InChI is InChI=1S/C11H10FNO2/c1-14-9-5-7-3-4-13-6-8(7)10(12)11(9)15-2/h3-6H,1-2H3. The Morgan fingerprint density at radius 2 is 2.07 bits per heavy atom. The number of hydrogen-bond donors (Lipinski definition) is 0. The Hall–Kier alpha value is -1.84. The summed E-state index contributed by atoms with van der Waals surface area (Å²) in [6, 6.07) is 3.44. The average Bonchev–Trinajstić information content (AvgIpc) is 2.29. The maximum absolute atomic E-state index is 13.9. The first kappa shape index (κ1) is 9.71. The molecule has 0 aliphatic carbocycles. The number of rotatable bonds is 2. The van der Waals surface area contributed by atoms with Gasteiger partial charge in [-0.2, -0.15) is 0 Å². The molecule has 2 aromatic rings. The predicted octanol–water partition coefficient (Wildman–Crippen LogP) is 2.39. The maximum atomic E-state index is 13.9. The molecule has 4 heteroatoms. The minimum atomic E-state index is -0.444. The molecule has 78 valence electrons. The Morgan fingerprint density at radius 1 is 1.27 bits per heavy atom. The van der Waals surface area contributed by atoms with E-state index in [1.807, 2.05) is 0 Å². The minimum absolute atomic E-state index is 0.109. The average molecular weight is 207 g/mol. The molecule has 1 aromatic carbocycles. The lowest BCUT2D eigenvalue weighted by atomic mass is 10.1. The second kappa shape index (κ2) is 3.73. The van der Waals surface area contributed by atoms with Gasteiger partial charge >= 0.3 is 0 Å². The zero-order valence-electron chi connectivity index (χ0n) is 8.45. The molecule has 0 bridgehead atoms. The molecule has 0 aliphatic rings. The van der Waals surface area contributed by atoms with Crippen LogP contribution in [-0.2, 0) is 0 Å². The first-order valence-electron chi connectivity index (χ1n) is 4.42. The van der Waals surface area contributed by atoms with Gasteiger partial charge in [-0.15, -0.1) is 0 Å². The molecule has 0 amide bonds. The number of hydrogen-bond acceptors (Lipinski definition) is 3. The van der Waals surface area contributed by atoms with Gasteiger partial charge in [0.2, 0.25) is 0 Å². The van der Waals surface area contributed by atoms with Crippen LogP contribution in [0.3, 0.4) is 0 Å². The largest absolute Gasteiger partial charge is 0.493 e. The van der Waals surface area contributed by atoms with Gasteiger partial charge in [0.05, 0.1) is 14.2 Å². The summed E-state index contributed by atoms with van der Waals surface area (Å²) in [5.41, 5.74) is 0. The number of fused-ring (bicyclic) bond motifs is 1. The zero-order chi connectivity index (χ0) is 10.8. The summed E-state index contributed by atoms with van der Waals surface area (Å²) in [4.78, 5) is 3.87. The second-order valence-electron chi connectivity index (χ2n) is 3.02. The van der Waals surface area contributed by atoms with Crippen molar-refractivity contribution in [1.82, 2.24) is 4.98 Å². The molecule has 0 fully saturated rings. The summed E-state index contributed by atoms with van der Waals surface area (Å²) < 4.78 is 23.9. The van der Waals surface area contributed by atoms with Gasteiger partial charge in [-0.25, -0.2) is 4.39 Å². The molecule has 0 atom stereocenters. The van der Waals surface area contributed by atoms with Crippen molar-refractivity contribution in [2.24, 2.45) is 0 Å². The van der Waals surface area contributed by atoms with E-state index in [-0.39, 0.29) is 5.75 Å².